The van der Waals surface area contributed by atoms with Crippen LogP contribution in [-0.2, 0) is 18.9 Å². The van der Waals surface area contributed by atoms with Crippen LogP contribution in [0.2, 0.25) is 0 Å². The highest BCUT2D eigenvalue weighted by molar-refractivity contribution is 7.99. The van der Waals surface area contributed by atoms with Gasteiger partial charge in [0.1, 0.15) is 11.5 Å². The number of aliphatic hydroxyl groups is 1. The van der Waals surface area contributed by atoms with Gasteiger partial charge in [-0.25, -0.2) is 14.4 Å². The maximum atomic E-state index is 13.1. The molecule has 3 aromatic carbocycles. The van der Waals surface area contributed by atoms with Gasteiger partial charge in [-0.3, -0.25) is 0 Å². The number of aliphatic hydroxyl groups excluding tert-OH is 1. The van der Waals surface area contributed by atoms with Gasteiger partial charge in [-0.05, 0) is 42.7 Å². The van der Waals surface area contributed by atoms with E-state index in [2.05, 4.69) is 0 Å². The van der Waals surface area contributed by atoms with E-state index >= 15 is 0 Å². The molecule has 5 atom stereocenters. The standard InChI is InChI=1S/C28H26O8S/c1-37-28-24(36-27(32)20-15-9-4-10-16-20)23(35-26(31)19-13-7-3-8-14-19)22(21(17-29)33-28)34-25(30)18-11-5-2-6-12-18/h2-16,21-24,28-29H,17H2,1H3/t21-,22-,23?,24-,28?/m1/s1. The van der Waals surface area contributed by atoms with Crippen molar-refractivity contribution in [3.63, 3.8) is 0 Å². The Morgan fingerprint density at radius 2 is 1.05 bits per heavy atom. The third kappa shape index (κ3) is 6.37. The molecule has 1 heterocycles. The lowest BCUT2D eigenvalue weighted by atomic mass is 9.98. The van der Waals surface area contributed by atoms with Crippen molar-refractivity contribution < 1.29 is 38.4 Å². The SMILES string of the molecule is CSC1O[C@H](CO)[C@@H](OC(=O)c2ccccc2)C(OC(=O)c2ccccc2)[C@H]1OC(=O)c1ccccc1. The molecule has 0 saturated carbocycles. The highest BCUT2D eigenvalue weighted by Crippen LogP contribution is 2.34. The Bertz CT molecular complexity index is 1120. The molecular weight excluding hydrogens is 496 g/mol. The van der Waals surface area contributed by atoms with E-state index in [9.17, 15) is 19.5 Å². The minimum atomic E-state index is -1.27. The van der Waals surface area contributed by atoms with Gasteiger partial charge in [0.15, 0.2) is 18.3 Å². The lowest BCUT2D eigenvalue weighted by Gasteiger charge is -2.44. The van der Waals surface area contributed by atoms with Gasteiger partial charge in [-0.15, -0.1) is 11.8 Å². The molecule has 0 aliphatic carbocycles. The van der Waals surface area contributed by atoms with Crippen LogP contribution in [0.15, 0.2) is 91.0 Å². The summed E-state index contributed by atoms with van der Waals surface area (Å²) < 4.78 is 23.4. The number of carbonyl (C=O) groups excluding carboxylic acids is 3. The summed E-state index contributed by atoms with van der Waals surface area (Å²) in [5.41, 5.74) is -0.00340. The van der Waals surface area contributed by atoms with Crippen LogP contribution in [0.4, 0.5) is 0 Å². The van der Waals surface area contributed by atoms with E-state index in [0.717, 1.165) is 0 Å². The molecule has 0 aromatic heterocycles. The molecule has 1 saturated heterocycles. The minimum absolute atomic E-state index is 0.261. The molecule has 0 spiro atoms. The quantitative estimate of drug-likeness (QED) is 0.350. The second-order valence-corrected chi connectivity index (χ2v) is 9.11. The fourth-order valence-electron chi connectivity index (χ4n) is 3.91. The smallest absolute Gasteiger partial charge is 0.338 e. The van der Waals surface area contributed by atoms with Crippen molar-refractivity contribution in [2.45, 2.75) is 29.9 Å². The van der Waals surface area contributed by atoms with Gasteiger partial charge >= 0.3 is 17.9 Å². The average molecular weight is 523 g/mol. The van der Waals surface area contributed by atoms with E-state index in [0.29, 0.717) is 0 Å². The van der Waals surface area contributed by atoms with Crippen molar-refractivity contribution >= 4 is 29.7 Å². The van der Waals surface area contributed by atoms with Crippen LogP contribution in [0.25, 0.3) is 0 Å². The van der Waals surface area contributed by atoms with E-state index in [1.807, 2.05) is 0 Å². The van der Waals surface area contributed by atoms with Crippen LogP contribution >= 0.6 is 11.8 Å². The van der Waals surface area contributed by atoms with Crippen molar-refractivity contribution in [2.75, 3.05) is 12.9 Å². The topological polar surface area (TPSA) is 108 Å². The number of hydrogen-bond donors (Lipinski definition) is 1. The molecule has 3 aromatic rings. The van der Waals surface area contributed by atoms with Crippen molar-refractivity contribution in [3.8, 4) is 0 Å². The van der Waals surface area contributed by atoms with Crippen LogP contribution in [0.3, 0.4) is 0 Å². The van der Waals surface area contributed by atoms with Crippen LogP contribution in [0.5, 0.6) is 0 Å². The van der Waals surface area contributed by atoms with E-state index in [4.69, 9.17) is 18.9 Å². The first kappa shape index (κ1) is 26.4. The highest BCUT2D eigenvalue weighted by atomic mass is 32.2. The summed E-state index contributed by atoms with van der Waals surface area (Å²) in [5, 5.41) is 10.1. The van der Waals surface area contributed by atoms with Gasteiger partial charge < -0.3 is 24.1 Å². The lowest BCUT2D eigenvalue weighted by molar-refractivity contribution is -0.207. The highest BCUT2D eigenvalue weighted by Gasteiger charge is 2.52. The fraction of sp³-hybridized carbons (Fsp3) is 0.250. The zero-order valence-electron chi connectivity index (χ0n) is 20.0. The van der Waals surface area contributed by atoms with Gasteiger partial charge in [0.2, 0.25) is 0 Å². The van der Waals surface area contributed by atoms with Gasteiger partial charge in [0.05, 0.1) is 23.3 Å². The number of carbonyl (C=O) groups is 3. The number of rotatable bonds is 8. The largest absolute Gasteiger partial charge is 0.452 e. The molecule has 2 unspecified atom stereocenters. The first-order valence-electron chi connectivity index (χ1n) is 11.6. The van der Waals surface area contributed by atoms with Crippen LogP contribution < -0.4 is 0 Å². The molecular formula is C28H26O8S. The molecule has 1 aliphatic rings. The number of ether oxygens (including phenoxy) is 4. The van der Waals surface area contributed by atoms with Gasteiger partial charge in [0.25, 0.3) is 0 Å². The summed E-state index contributed by atoms with van der Waals surface area (Å²) in [4.78, 5) is 39.0. The molecule has 0 amide bonds. The Kier molecular flexibility index (Phi) is 8.95. The first-order chi connectivity index (χ1) is 18.0. The Morgan fingerprint density at radius 1 is 0.676 bits per heavy atom. The van der Waals surface area contributed by atoms with E-state index in [1.165, 1.54) is 11.8 Å². The van der Waals surface area contributed by atoms with Gasteiger partial charge in [-0.1, -0.05) is 54.6 Å². The number of esters is 3. The second-order valence-electron chi connectivity index (χ2n) is 8.17. The number of benzene rings is 3. The Morgan fingerprint density at radius 3 is 1.43 bits per heavy atom. The summed E-state index contributed by atoms with van der Waals surface area (Å²) in [5.74, 6) is -2.07. The normalized spacial score (nSPS) is 23.0. The summed E-state index contributed by atoms with van der Waals surface area (Å²) in [6.45, 7) is -0.525. The van der Waals surface area contributed by atoms with Crippen LogP contribution in [0.1, 0.15) is 31.1 Å². The predicted molar refractivity (Wildman–Crippen MR) is 136 cm³/mol. The third-order valence-electron chi connectivity index (χ3n) is 5.76. The molecule has 37 heavy (non-hydrogen) atoms. The lowest BCUT2D eigenvalue weighted by Crippen LogP contribution is -2.61. The molecule has 192 valence electrons. The van der Waals surface area contributed by atoms with E-state index in [-0.39, 0.29) is 16.7 Å². The summed E-state index contributed by atoms with van der Waals surface area (Å²) in [6, 6.07) is 24.9. The van der Waals surface area contributed by atoms with Crippen LogP contribution in [-0.4, -0.2) is 65.7 Å². The number of hydrogen-bond acceptors (Lipinski definition) is 9. The Balaban J connectivity index is 1.69. The van der Waals surface area contributed by atoms with E-state index < -0.39 is 54.4 Å². The molecule has 8 nitrogen and oxygen atoms in total. The van der Waals surface area contributed by atoms with Crippen molar-refractivity contribution in [2.24, 2.45) is 0 Å². The summed E-state index contributed by atoms with van der Waals surface area (Å²) in [7, 11) is 0. The maximum Gasteiger partial charge on any atom is 0.338 e. The van der Waals surface area contributed by atoms with Gasteiger partial charge in [-0.2, -0.15) is 0 Å². The molecule has 9 heteroatoms. The molecule has 1 N–H and O–H groups in total. The second kappa shape index (κ2) is 12.5. The first-order valence-corrected chi connectivity index (χ1v) is 12.9. The molecule has 4 rings (SSSR count). The maximum absolute atomic E-state index is 13.1. The van der Waals surface area contributed by atoms with Gasteiger partial charge in [0, 0.05) is 0 Å². The monoisotopic (exact) mass is 522 g/mol. The van der Waals surface area contributed by atoms with Crippen molar-refractivity contribution in [1.82, 2.24) is 0 Å². The van der Waals surface area contributed by atoms with Crippen LogP contribution in [0, 0.1) is 0 Å². The fourth-order valence-corrected chi connectivity index (χ4v) is 4.65. The predicted octanol–water partition coefficient (Wildman–Crippen LogP) is 3.74. The van der Waals surface area contributed by atoms with Crippen molar-refractivity contribution in [1.29, 1.82) is 0 Å². The molecule has 0 radical (unpaired) electrons. The van der Waals surface area contributed by atoms with E-state index in [1.54, 1.807) is 97.3 Å². The molecule has 1 aliphatic heterocycles. The zero-order valence-corrected chi connectivity index (χ0v) is 20.8. The molecule has 1 fully saturated rings. The molecule has 0 bridgehead atoms. The number of thioether (sulfide) groups is 1. The summed E-state index contributed by atoms with van der Waals surface area (Å²) >= 11 is 1.21. The average Bonchev–Trinajstić information content (AvgIpc) is 2.95. The van der Waals surface area contributed by atoms with Crippen molar-refractivity contribution in [3.05, 3.63) is 108 Å². The Hall–Kier alpha value is -3.66. The third-order valence-corrected chi connectivity index (χ3v) is 6.61. The minimum Gasteiger partial charge on any atom is -0.452 e. The summed E-state index contributed by atoms with van der Waals surface area (Å²) in [6.07, 6.45) is -2.98. The Labute approximate surface area is 218 Å². The zero-order chi connectivity index (χ0) is 26.2.